The molecule has 0 atom stereocenters. The van der Waals surface area contributed by atoms with E-state index in [1.807, 2.05) is 0 Å². The van der Waals surface area contributed by atoms with Gasteiger partial charge in [-0.15, -0.1) is 0 Å². The third-order valence-corrected chi connectivity index (χ3v) is 5.59. The van der Waals surface area contributed by atoms with E-state index in [4.69, 9.17) is 11.6 Å². The summed E-state index contributed by atoms with van der Waals surface area (Å²) in [7, 11) is -4.23. The topological polar surface area (TPSA) is 50.3 Å². The van der Waals surface area contributed by atoms with Gasteiger partial charge in [0.25, 0.3) is 10.0 Å². The van der Waals surface area contributed by atoms with Crippen molar-refractivity contribution in [3.8, 4) is 0 Å². The minimum Gasteiger partial charge on any atom is -0.264 e. The molecule has 0 radical (unpaired) electrons. The fraction of sp³-hybridized carbons (Fsp3) is 0.0556. The molecule has 0 aliphatic heterocycles. The lowest BCUT2D eigenvalue weighted by Crippen LogP contribution is -2.30. The Kier molecular flexibility index (Phi) is 5.20. The van der Waals surface area contributed by atoms with Crippen LogP contribution in [0.1, 0.15) is 5.56 Å². The lowest BCUT2D eigenvalue weighted by atomic mass is 10.2. The number of hydrogen-bond donors (Lipinski definition) is 0. The number of rotatable bonds is 5. The summed E-state index contributed by atoms with van der Waals surface area (Å²) in [5, 5.41) is 0.435. The first-order chi connectivity index (χ1) is 12.4. The largest absolute Gasteiger partial charge is 0.264 e. The summed E-state index contributed by atoms with van der Waals surface area (Å²) in [6.45, 7) is -0.0596. The molecule has 0 N–H and O–H groups in total. The molecule has 0 saturated heterocycles. The van der Waals surface area contributed by atoms with Crippen LogP contribution >= 0.6 is 11.6 Å². The predicted molar refractivity (Wildman–Crippen MR) is 95.4 cm³/mol. The number of sulfonamides is 1. The van der Waals surface area contributed by atoms with Gasteiger partial charge in [-0.25, -0.2) is 17.2 Å². The van der Waals surface area contributed by atoms with Gasteiger partial charge in [0.05, 0.1) is 17.1 Å². The molecular formula is C18H13ClF2N2O2S. The van der Waals surface area contributed by atoms with Crippen molar-refractivity contribution < 1.29 is 17.2 Å². The van der Waals surface area contributed by atoms with Crippen molar-refractivity contribution >= 4 is 27.3 Å². The summed E-state index contributed by atoms with van der Waals surface area (Å²) in [5.41, 5.74) is 0.922. The molecule has 26 heavy (non-hydrogen) atoms. The lowest BCUT2D eigenvalue weighted by Gasteiger charge is -2.24. The fourth-order valence-corrected chi connectivity index (χ4v) is 4.01. The number of anilines is 1. The van der Waals surface area contributed by atoms with E-state index in [2.05, 4.69) is 4.98 Å². The molecule has 0 unspecified atom stereocenters. The lowest BCUT2D eigenvalue weighted by molar-refractivity contribution is 0.565. The zero-order valence-corrected chi connectivity index (χ0v) is 14.9. The summed E-state index contributed by atoms with van der Waals surface area (Å²) in [4.78, 5) is 3.49. The molecule has 4 nitrogen and oxygen atoms in total. The average molecular weight is 395 g/mol. The van der Waals surface area contributed by atoms with E-state index >= 15 is 0 Å². The van der Waals surface area contributed by atoms with Crippen molar-refractivity contribution in [1.82, 2.24) is 4.98 Å². The van der Waals surface area contributed by atoms with Gasteiger partial charge in [0.1, 0.15) is 11.6 Å². The minimum atomic E-state index is -4.23. The van der Waals surface area contributed by atoms with Crippen LogP contribution < -0.4 is 4.31 Å². The molecule has 0 amide bonds. The quantitative estimate of drug-likeness (QED) is 0.644. The molecular weight excluding hydrogens is 382 g/mol. The van der Waals surface area contributed by atoms with Crippen LogP contribution in [-0.4, -0.2) is 13.4 Å². The molecule has 0 fully saturated rings. The van der Waals surface area contributed by atoms with Gasteiger partial charge in [-0.3, -0.25) is 9.29 Å². The van der Waals surface area contributed by atoms with Crippen LogP contribution in [0.15, 0.2) is 71.9 Å². The Hall–Kier alpha value is -2.51. The van der Waals surface area contributed by atoms with Crippen LogP contribution in [0.2, 0.25) is 5.02 Å². The average Bonchev–Trinajstić information content (AvgIpc) is 2.60. The molecule has 1 heterocycles. The van der Waals surface area contributed by atoms with Crippen LogP contribution in [0.3, 0.4) is 0 Å². The first kappa shape index (κ1) is 18.3. The van der Waals surface area contributed by atoms with Crippen LogP contribution in [0.5, 0.6) is 0 Å². The SMILES string of the molecule is O=S(=O)(c1cc(F)cc(F)c1)N(Cc1cccnc1)c1ccc(Cl)cc1. The second-order valence-electron chi connectivity index (χ2n) is 5.45. The van der Waals surface area contributed by atoms with Crippen molar-refractivity contribution in [3.63, 3.8) is 0 Å². The molecule has 134 valence electrons. The molecule has 8 heteroatoms. The summed E-state index contributed by atoms with van der Waals surface area (Å²) >= 11 is 5.87. The molecule has 0 spiro atoms. The Bertz CT molecular complexity index is 993. The van der Waals surface area contributed by atoms with Crippen LogP contribution in [0, 0.1) is 11.6 Å². The Labute approximate surface area is 154 Å². The second kappa shape index (κ2) is 7.39. The highest BCUT2D eigenvalue weighted by Gasteiger charge is 2.26. The van der Waals surface area contributed by atoms with Crippen molar-refractivity contribution in [1.29, 1.82) is 0 Å². The molecule has 0 aliphatic rings. The number of hydrogen-bond acceptors (Lipinski definition) is 3. The number of aromatic nitrogens is 1. The highest BCUT2D eigenvalue weighted by Crippen LogP contribution is 2.28. The monoisotopic (exact) mass is 394 g/mol. The molecule has 0 aliphatic carbocycles. The number of pyridine rings is 1. The Balaban J connectivity index is 2.10. The Morgan fingerprint density at radius 1 is 1.00 bits per heavy atom. The third-order valence-electron chi connectivity index (χ3n) is 3.59. The van der Waals surface area contributed by atoms with Crippen molar-refractivity contribution in [3.05, 3.63) is 89.2 Å². The summed E-state index contributed by atoms with van der Waals surface area (Å²) < 4.78 is 54.3. The maximum atomic E-state index is 13.6. The molecule has 3 rings (SSSR count). The zero-order valence-electron chi connectivity index (χ0n) is 13.3. The van der Waals surface area contributed by atoms with E-state index in [1.165, 1.54) is 30.5 Å². The highest BCUT2D eigenvalue weighted by atomic mass is 35.5. The van der Waals surface area contributed by atoms with Crippen molar-refractivity contribution in [2.45, 2.75) is 11.4 Å². The number of nitrogens with zero attached hydrogens (tertiary/aromatic N) is 2. The van der Waals surface area contributed by atoms with Gasteiger partial charge < -0.3 is 0 Å². The standard InChI is InChI=1S/C18H13ClF2N2O2S/c19-14-3-5-17(6-4-14)23(12-13-2-1-7-22-11-13)26(24,25)18-9-15(20)8-16(21)10-18/h1-11H,12H2. The first-order valence-electron chi connectivity index (χ1n) is 7.49. The second-order valence-corrected chi connectivity index (χ2v) is 7.75. The van der Waals surface area contributed by atoms with Crippen LogP contribution in [-0.2, 0) is 16.6 Å². The molecule has 1 aromatic heterocycles. The minimum absolute atomic E-state index is 0.0596. The van der Waals surface area contributed by atoms with Gasteiger partial charge in [0.15, 0.2) is 0 Å². The van der Waals surface area contributed by atoms with Crippen molar-refractivity contribution in [2.24, 2.45) is 0 Å². The normalized spacial score (nSPS) is 11.3. The first-order valence-corrected chi connectivity index (χ1v) is 9.31. The van der Waals surface area contributed by atoms with Gasteiger partial charge >= 0.3 is 0 Å². The molecule has 2 aromatic carbocycles. The van der Waals surface area contributed by atoms with Gasteiger partial charge in [-0.1, -0.05) is 17.7 Å². The molecule has 0 saturated carbocycles. The fourth-order valence-electron chi connectivity index (χ4n) is 2.38. The smallest absolute Gasteiger partial charge is 0.264 e. The molecule has 3 aromatic rings. The van der Waals surface area contributed by atoms with E-state index in [-0.39, 0.29) is 6.54 Å². The van der Waals surface area contributed by atoms with E-state index in [0.717, 1.165) is 16.4 Å². The van der Waals surface area contributed by atoms with E-state index in [1.54, 1.807) is 18.3 Å². The summed E-state index contributed by atoms with van der Waals surface area (Å²) in [6.07, 6.45) is 3.08. The maximum Gasteiger partial charge on any atom is 0.264 e. The van der Waals surface area contributed by atoms with Gasteiger partial charge in [0, 0.05) is 23.5 Å². The third kappa shape index (κ3) is 4.00. The Morgan fingerprint density at radius 2 is 1.65 bits per heavy atom. The van der Waals surface area contributed by atoms with Gasteiger partial charge in [-0.05, 0) is 48.0 Å². The highest BCUT2D eigenvalue weighted by molar-refractivity contribution is 7.92. The van der Waals surface area contributed by atoms with Crippen LogP contribution in [0.4, 0.5) is 14.5 Å². The van der Waals surface area contributed by atoms with E-state index in [0.29, 0.717) is 22.3 Å². The molecule has 0 bridgehead atoms. The Morgan fingerprint density at radius 3 is 2.23 bits per heavy atom. The van der Waals surface area contributed by atoms with Gasteiger partial charge in [-0.2, -0.15) is 0 Å². The zero-order chi connectivity index (χ0) is 18.7. The van der Waals surface area contributed by atoms with Crippen LogP contribution in [0.25, 0.3) is 0 Å². The number of halogens is 3. The van der Waals surface area contributed by atoms with E-state index in [9.17, 15) is 17.2 Å². The van der Waals surface area contributed by atoms with Gasteiger partial charge in [0.2, 0.25) is 0 Å². The maximum absolute atomic E-state index is 13.6. The van der Waals surface area contributed by atoms with E-state index < -0.39 is 26.6 Å². The predicted octanol–water partition coefficient (Wildman–Crippen LogP) is 4.41. The summed E-state index contributed by atoms with van der Waals surface area (Å²) in [5.74, 6) is -1.94. The van der Waals surface area contributed by atoms with Crippen molar-refractivity contribution in [2.75, 3.05) is 4.31 Å². The summed E-state index contributed by atoms with van der Waals surface area (Å²) in [6, 6.07) is 11.7. The number of benzene rings is 2.